The fraction of sp³-hybridized carbons (Fsp3) is 0.263. The van der Waals surface area contributed by atoms with Gasteiger partial charge >= 0.3 is 5.97 Å². The van der Waals surface area contributed by atoms with Crippen LogP contribution in [0.3, 0.4) is 0 Å². The Morgan fingerprint density at radius 1 is 1.11 bits per heavy atom. The molecule has 0 aromatic heterocycles. The van der Waals surface area contributed by atoms with Gasteiger partial charge < -0.3 is 15.2 Å². The average molecular weight is 376 g/mol. The summed E-state index contributed by atoms with van der Waals surface area (Å²) in [4.78, 5) is 25.6. The number of halogens is 2. The zero-order valence-corrected chi connectivity index (χ0v) is 14.3. The van der Waals surface area contributed by atoms with E-state index in [1.807, 2.05) is 4.90 Å². The summed E-state index contributed by atoms with van der Waals surface area (Å²) < 4.78 is 33.1. The molecule has 2 aromatic carbocycles. The number of anilines is 1. The third kappa shape index (κ3) is 4.47. The fourth-order valence-electron chi connectivity index (χ4n) is 2.99. The van der Waals surface area contributed by atoms with Crippen LogP contribution in [0.2, 0.25) is 0 Å². The van der Waals surface area contributed by atoms with E-state index in [1.54, 1.807) is 6.07 Å². The lowest BCUT2D eigenvalue weighted by Crippen LogP contribution is -2.44. The van der Waals surface area contributed by atoms with E-state index in [2.05, 4.69) is 5.32 Å². The van der Waals surface area contributed by atoms with Gasteiger partial charge in [-0.05, 0) is 35.9 Å². The normalized spacial score (nSPS) is 15.9. The van der Waals surface area contributed by atoms with Gasteiger partial charge in [-0.25, -0.2) is 13.6 Å². The fourth-order valence-corrected chi connectivity index (χ4v) is 2.99. The topological polar surface area (TPSA) is 78.9 Å². The number of carbonyl (C=O) groups excluding carboxylic acids is 1. The molecule has 1 heterocycles. The third-order valence-corrected chi connectivity index (χ3v) is 4.30. The molecule has 0 bridgehead atoms. The van der Waals surface area contributed by atoms with Crippen molar-refractivity contribution in [2.45, 2.75) is 6.04 Å². The second kappa shape index (κ2) is 8.24. The zero-order valence-electron chi connectivity index (χ0n) is 14.3. The van der Waals surface area contributed by atoms with E-state index in [9.17, 15) is 18.4 Å². The van der Waals surface area contributed by atoms with Crippen molar-refractivity contribution in [2.75, 3.05) is 31.6 Å². The highest BCUT2D eigenvalue weighted by atomic mass is 19.1. The number of nitrogens with one attached hydrogen (secondary N) is 1. The Bertz CT molecular complexity index is 853. The molecule has 1 atom stereocenters. The van der Waals surface area contributed by atoms with Crippen molar-refractivity contribution in [3.05, 3.63) is 65.2 Å². The van der Waals surface area contributed by atoms with Crippen LogP contribution in [0.25, 0.3) is 0 Å². The molecule has 3 rings (SSSR count). The van der Waals surface area contributed by atoms with E-state index in [0.717, 1.165) is 6.07 Å². The second-order valence-electron chi connectivity index (χ2n) is 6.09. The molecule has 142 valence electrons. The summed E-state index contributed by atoms with van der Waals surface area (Å²) in [5, 5.41) is 11.4. The first-order chi connectivity index (χ1) is 13.0. The first-order valence-corrected chi connectivity index (χ1v) is 8.36. The highest BCUT2D eigenvalue weighted by molar-refractivity contribution is 5.96. The van der Waals surface area contributed by atoms with E-state index in [4.69, 9.17) is 9.84 Å². The first kappa shape index (κ1) is 18.9. The predicted molar refractivity (Wildman–Crippen MR) is 93.5 cm³/mol. The predicted octanol–water partition coefficient (Wildman–Crippen LogP) is 2.68. The summed E-state index contributed by atoms with van der Waals surface area (Å²) >= 11 is 0. The number of amides is 1. The summed E-state index contributed by atoms with van der Waals surface area (Å²) in [6, 6.07) is 8.09. The van der Waals surface area contributed by atoms with Crippen LogP contribution in [0.5, 0.6) is 0 Å². The monoisotopic (exact) mass is 376 g/mol. The molecule has 1 aliphatic heterocycles. The maximum absolute atomic E-state index is 14.2. The molecule has 0 saturated carbocycles. The molecule has 0 radical (unpaired) electrons. The maximum atomic E-state index is 14.2. The maximum Gasteiger partial charge on any atom is 0.335 e. The molecule has 2 N–H and O–H groups in total. The number of rotatable bonds is 5. The van der Waals surface area contributed by atoms with Crippen molar-refractivity contribution >= 4 is 17.6 Å². The van der Waals surface area contributed by atoms with Crippen molar-refractivity contribution in [2.24, 2.45) is 0 Å². The van der Waals surface area contributed by atoms with E-state index in [0.29, 0.717) is 31.9 Å². The van der Waals surface area contributed by atoms with Gasteiger partial charge in [0.25, 0.3) is 0 Å². The van der Waals surface area contributed by atoms with Crippen molar-refractivity contribution in [1.82, 2.24) is 4.90 Å². The number of aromatic carboxylic acids is 1. The Balaban J connectivity index is 1.88. The molecule has 1 saturated heterocycles. The summed E-state index contributed by atoms with van der Waals surface area (Å²) in [6.07, 6.45) is 0. The third-order valence-electron chi connectivity index (χ3n) is 4.30. The molecule has 1 fully saturated rings. The van der Waals surface area contributed by atoms with Gasteiger partial charge in [0, 0.05) is 13.1 Å². The van der Waals surface area contributed by atoms with Gasteiger partial charge in [-0.3, -0.25) is 9.69 Å². The molecular formula is C19H18F2N2O4. The number of carbonyl (C=O) groups is 2. The Hall–Kier alpha value is -2.84. The quantitative estimate of drug-likeness (QED) is 0.839. The number of nitrogens with zero attached hydrogens (tertiary/aromatic N) is 1. The van der Waals surface area contributed by atoms with Gasteiger partial charge in [0.05, 0.1) is 24.5 Å². The van der Waals surface area contributed by atoms with Crippen LogP contribution in [-0.2, 0) is 9.53 Å². The Morgan fingerprint density at radius 2 is 1.85 bits per heavy atom. The molecule has 1 unspecified atom stereocenters. The van der Waals surface area contributed by atoms with Gasteiger partial charge in [-0.2, -0.15) is 0 Å². The molecular weight excluding hydrogens is 358 g/mol. The van der Waals surface area contributed by atoms with Crippen LogP contribution >= 0.6 is 0 Å². The lowest BCUT2D eigenvalue weighted by atomic mass is 10.0. The number of ether oxygens (including phenoxy) is 1. The number of hydrogen-bond acceptors (Lipinski definition) is 4. The molecule has 0 spiro atoms. The summed E-state index contributed by atoms with van der Waals surface area (Å²) in [5.74, 6) is -3.14. The molecule has 2 aromatic rings. The number of carboxylic acid groups (broad SMARTS) is 1. The van der Waals surface area contributed by atoms with Gasteiger partial charge in [-0.1, -0.05) is 12.1 Å². The van der Waals surface area contributed by atoms with Gasteiger partial charge in [0.2, 0.25) is 5.91 Å². The van der Waals surface area contributed by atoms with Gasteiger partial charge in [-0.15, -0.1) is 0 Å². The van der Waals surface area contributed by atoms with Crippen molar-refractivity contribution in [3.8, 4) is 0 Å². The minimum atomic E-state index is -1.27. The van der Waals surface area contributed by atoms with Gasteiger partial charge in [0.15, 0.2) is 0 Å². The van der Waals surface area contributed by atoms with E-state index in [-0.39, 0.29) is 11.3 Å². The Kier molecular flexibility index (Phi) is 5.78. The smallest absolute Gasteiger partial charge is 0.335 e. The average Bonchev–Trinajstić information content (AvgIpc) is 2.64. The van der Waals surface area contributed by atoms with Crippen LogP contribution in [0.4, 0.5) is 14.5 Å². The second-order valence-corrected chi connectivity index (χ2v) is 6.09. The molecule has 27 heavy (non-hydrogen) atoms. The van der Waals surface area contributed by atoms with Crippen LogP contribution in [0.1, 0.15) is 22.0 Å². The summed E-state index contributed by atoms with van der Waals surface area (Å²) in [6.45, 7) is 1.80. The van der Waals surface area contributed by atoms with Crippen LogP contribution < -0.4 is 5.32 Å². The minimum absolute atomic E-state index is 0.139. The zero-order chi connectivity index (χ0) is 19.4. The summed E-state index contributed by atoms with van der Waals surface area (Å²) in [5.41, 5.74) is 0.0805. The molecule has 1 aliphatic rings. The lowest BCUT2D eigenvalue weighted by Gasteiger charge is -2.33. The Labute approximate surface area is 154 Å². The van der Waals surface area contributed by atoms with E-state index < -0.39 is 29.6 Å². The molecule has 0 aliphatic carbocycles. The number of carboxylic acids is 1. The largest absolute Gasteiger partial charge is 0.478 e. The first-order valence-electron chi connectivity index (χ1n) is 8.36. The highest BCUT2D eigenvalue weighted by Crippen LogP contribution is 2.25. The lowest BCUT2D eigenvalue weighted by molar-refractivity contribution is -0.123. The Morgan fingerprint density at radius 3 is 2.48 bits per heavy atom. The van der Waals surface area contributed by atoms with Crippen LogP contribution in [0, 0.1) is 11.6 Å². The van der Waals surface area contributed by atoms with Crippen molar-refractivity contribution in [1.29, 1.82) is 0 Å². The van der Waals surface area contributed by atoms with Crippen molar-refractivity contribution < 1.29 is 28.2 Å². The molecule has 6 nitrogen and oxygen atoms in total. The summed E-state index contributed by atoms with van der Waals surface area (Å²) in [7, 11) is 0. The SMILES string of the molecule is O=C(O)c1ccc(NC(=O)C(c2cccc(F)c2)N2CCOCC2)c(F)c1. The van der Waals surface area contributed by atoms with Crippen LogP contribution in [0.15, 0.2) is 42.5 Å². The number of morpholine rings is 1. The number of benzene rings is 2. The van der Waals surface area contributed by atoms with Gasteiger partial charge in [0.1, 0.15) is 17.7 Å². The standard InChI is InChI=1S/C19H18F2N2O4/c20-14-3-1-2-12(10-14)17(23-6-8-27-9-7-23)18(24)22-16-5-4-13(19(25)26)11-15(16)21/h1-5,10-11,17H,6-9H2,(H,22,24)(H,25,26). The van der Waals surface area contributed by atoms with Crippen molar-refractivity contribution in [3.63, 3.8) is 0 Å². The molecule has 1 amide bonds. The van der Waals surface area contributed by atoms with E-state index in [1.165, 1.54) is 30.3 Å². The highest BCUT2D eigenvalue weighted by Gasteiger charge is 2.30. The molecule has 8 heteroatoms. The minimum Gasteiger partial charge on any atom is -0.478 e. The number of hydrogen-bond donors (Lipinski definition) is 2. The van der Waals surface area contributed by atoms with E-state index >= 15 is 0 Å². The van der Waals surface area contributed by atoms with Crippen LogP contribution in [-0.4, -0.2) is 48.2 Å².